The number of aryl methyl sites for hydroxylation is 1. The van der Waals surface area contributed by atoms with Gasteiger partial charge in [0.25, 0.3) is 0 Å². The average Bonchev–Trinajstić information content (AvgIpc) is 2.34. The molecule has 17 heavy (non-hydrogen) atoms. The smallest absolute Gasteiger partial charge is 0.119 e. The van der Waals surface area contributed by atoms with E-state index in [1.54, 1.807) is 0 Å². The van der Waals surface area contributed by atoms with Crippen molar-refractivity contribution in [2.45, 2.75) is 32.8 Å². The Labute approximate surface area is 103 Å². The maximum absolute atomic E-state index is 9.61. The minimum Gasteiger partial charge on any atom is -0.491 e. The van der Waals surface area contributed by atoms with E-state index in [9.17, 15) is 5.11 Å². The molecule has 0 bridgehead atoms. The number of aliphatic hydroxyl groups is 1. The Morgan fingerprint density at radius 2 is 1.88 bits per heavy atom. The lowest BCUT2D eigenvalue weighted by Crippen LogP contribution is -2.23. The number of ether oxygens (including phenoxy) is 2. The van der Waals surface area contributed by atoms with Gasteiger partial charge in [-0.3, -0.25) is 0 Å². The zero-order valence-corrected chi connectivity index (χ0v) is 10.7. The first kappa shape index (κ1) is 14.0. The van der Waals surface area contributed by atoms with E-state index in [0.29, 0.717) is 13.2 Å². The fraction of sp³-hybridized carbons (Fsp3) is 0.571. The quantitative estimate of drug-likeness (QED) is 0.707. The van der Waals surface area contributed by atoms with Crippen LogP contribution in [0.15, 0.2) is 24.3 Å². The van der Waals surface area contributed by atoms with Crippen LogP contribution in [0.1, 0.15) is 25.3 Å². The van der Waals surface area contributed by atoms with E-state index in [-0.39, 0.29) is 6.61 Å². The number of aliphatic hydroxyl groups excluding tert-OH is 1. The molecule has 1 N–H and O–H groups in total. The van der Waals surface area contributed by atoms with E-state index in [0.717, 1.165) is 18.6 Å². The van der Waals surface area contributed by atoms with Crippen molar-refractivity contribution in [2.24, 2.45) is 0 Å². The zero-order valence-electron chi connectivity index (χ0n) is 10.7. The average molecular weight is 238 g/mol. The van der Waals surface area contributed by atoms with Gasteiger partial charge in [-0.05, 0) is 25.5 Å². The van der Waals surface area contributed by atoms with Crippen molar-refractivity contribution in [3.05, 3.63) is 29.8 Å². The summed E-state index contributed by atoms with van der Waals surface area (Å²) in [4.78, 5) is 0. The number of hydrogen-bond donors (Lipinski definition) is 1. The monoisotopic (exact) mass is 238 g/mol. The molecule has 0 fully saturated rings. The van der Waals surface area contributed by atoms with Crippen molar-refractivity contribution >= 4 is 0 Å². The molecule has 1 aromatic carbocycles. The number of rotatable bonds is 8. The van der Waals surface area contributed by atoms with Gasteiger partial charge in [0.15, 0.2) is 0 Å². The van der Waals surface area contributed by atoms with E-state index in [2.05, 4.69) is 6.92 Å². The molecule has 96 valence electrons. The predicted molar refractivity (Wildman–Crippen MR) is 68.4 cm³/mol. The molecule has 1 atom stereocenters. The third kappa shape index (κ3) is 6.29. The molecule has 1 unspecified atom stereocenters. The van der Waals surface area contributed by atoms with Crippen LogP contribution < -0.4 is 4.74 Å². The molecule has 0 aliphatic heterocycles. The van der Waals surface area contributed by atoms with Crippen molar-refractivity contribution in [3.63, 3.8) is 0 Å². The van der Waals surface area contributed by atoms with E-state index in [4.69, 9.17) is 9.47 Å². The molecule has 0 saturated heterocycles. The second kappa shape index (κ2) is 8.09. The molecular formula is C14H22O3. The molecule has 3 nitrogen and oxygen atoms in total. The Hall–Kier alpha value is -1.06. The lowest BCUT2D eigenvalue weighted by molar-refractivity contribution is 0.0113. The molecule has 0 aliphatic rings. The van der Waals surface area contributed by atoms with Gasteiger partial charge >= 0.3 is 0 Å². The summed E-state index contributed by atoms with van der Waals surface area (Å²) in [5, 5.41) is 9.61. The van der Waals surface area contributed by atoms with Crippen molar-refractivity contribution in [3.8, 4) is 5.75 Å². The molecular weight excluding hydrogens is 216 g/mol. The third-order valence-corrected chi connectivity index (χ3v) is 2.42. The minimum atomic E-state index is -0.562. The van der Waals surface area contributed by atoms with Gasteiger partial charge in [-0.2, -0.15) is 0 Å². The highest BCUT2D eigenvalue weighted by molar-refractivity contribution is 5.26. The van der Waals surface area contributed by atoms with E-state index in [1.165, 1.54) is 5.56 Å². The highest BCUT2D eigenvalue weighted by atomic mass is 16.5. The zero-order chi connectivity index (χ0) is 12.5. The fourth-order valence-corrected chi connectivity index (χ4v) is 1.34. The first-order chi connectivity index (χ1) is 8.22. The Morgan fingerprint density at radius 3 is 2.53 bits per heavy atom. The van der Waals surface area contributed by atoms with Crippen LogP contribution in [-0.2, 0) is 4.74 Å². The van der Waals surface area contributed by atoms with Gasteiger partial charge in [-0.15, -0.1) is 0 Å². The van der Waals surface area contributed by atoms with Gasteiger partial charge in [0.2, 0.25) is 0 Å². The van der Waals surface area contributed by atoms with Crippen LogP contribution in [0.2, 0.25) is 0 Å². The molecule has 0 saturated carbocycles. The SMILES string of the molecule is CCCCOCC(O)COc1ccc(C)cc1. The van der Waals surface area contributed by atoms with Gasteiger partial charge in [-0.25, -0.2) is 0 Å². The Morgan fingerprint density at radius 1 is 1.18 bits per heavy atom. The molecule has 1 aromatic rings. The van der Waals surface area contributed by atoms with Gasteiger partial charge < -0.3 is 14.6 Å². The molecule has 3 heteroatoms. The second-order valence-electron chi connectivity index (χ2n) is 4.21. The van der Waals surface area contributed by atoms with Crippen LogP contribution in [0.3, 0.4) is 0 Å². The molecule has 0 aromatic heterocycles. The van der Waals surface area contributed by atoms with Crippen LogP contribution in [0, 0.1) is 6.92 Å². The standard InChI is InChI=1S/C14H22O3/c1-3-4-9-16-10-13(15)11-17-14-7-5-12(2)6-8-14/h5-8,13,15H,3-4,9-11H2,1-2H3. The van der Waals surface area contributed by atoms with Crippen LogP contribution in [0.4, 0.5) is 0 Å². The summed E-state index contributed by atoms with van der Waals surface area (Å²) in [5.74, 6) is 0.781. The highest BCUT2D eigenvalue weighted by Gasteiger charge is 2.05. The lowest BCUT2D eigenvalue weighted by Gasteiger charge is -2.12. The van der Waals surface area contributed by atoms with Crippen LogP contribution in [0.25, 0.3) is 0 Å². The summed E-state index contributed by atoms with van der Waals surface area (Å²) >= 11 is 0. The Kier molecular flexibility index (Phi) is 6.67. The molecule has 0 heterocycles. The number of hydrogen-bond acceptors (Lipinski definition) is 3. The summed E-state index contributed by atoms with van der Waals surface area (Å²) in [5.41, 5.74) is 1.20. The van der Waals surface area contributed by atoms with Crippen LogP contribution in [0.5, 0.6) is 5.75 Å². The predicted octanol–water partition coefficient (Wildman–Crippen LogP) is 2.55. The van der Waals surface area contributed by atoms with Crippen LogP contribution >= 0.6 is 0 Å². The summed E-state index contributed by atoms with van der Waals surface area (Å²) in [6, 6.07) is 7.78. The molecule has 0 spiro atoms. The second-order valence-corrected chi connectivity index (χ2v) is 4.21. The van der Waals surface area contributed by atoms with Crippen molar-refractivity contribution in [1.82, 2.24) is 0 Å². The summed E-state index contributed by atoms with van der Waals surface area (Å²) in [6.07, 6.45) is 1.58. The number of unbranched alkanes of at least 4 members (excludes halogenated alkanes) is 1. The summed E-state index contributed by atoms with van der Waals surface area (Å²) < 4.78 is 10.8. The normalized spacial score (nSPS) is 12.4. The molecule has 0 amide bonds. The first-order valence-corrected chi connectivity index (χ1v) is 6.17. The maximum atomic E-state index is 9.61. The first-order valence-electron chi connectivity index (χ1n) is 6.17. The largest absolute Gasteiger partial charge is 0.491 e. The van der Waals surface area contributed by atoms with E-state index < -0.39 is 6.10 Å². The summed E-state index contributed by atoms with van der Waals surface area (Å²) in [7, 11) is 0. The molecule has 0 aliphatic carbocycles. The van der Waals surface area contributed by atoms with E-state index >= 15 is 0 Å². The minimum absolute atomic E-state index is 0.273. The Bertz CT molecular complexity index is 295. The molecule has 0 radical (unpaired) electrons. The Balaban J connectivity index is 2.14. The van der Waals surface area contributed by atoms with Crippen LogP contribution in [-0.4, -0.2) is 31.0 Å². The topological polar surface area (TPSA) is 38.7 Å². The fourth-order valence-electron chi connectivity index (χ4n) is 1.34. The summed E-state index contributed by atoms with van der Waals surface area (Å²) in [6.45, 7) is 5.46. The van der Waals surface area contributed by atoms with Crippen molar-refractivity contribution in [2.75, 3.05) is 19.8 Å². The molecule has 1 rings (SSSR count). The van der Waals surface area contributed by atoms with E-state index in [1.807, 2.05) is 31.2 Å². The van der Waals surface area contributed by atoms with Gasteiger partial charge in [0.05, 0.1) is 6.61 Å². The van der Waals surface area contributed by atoms with Crippen molar-refractivity contribution in [1.29, 1.82) is 0 Å². The van der Waals surface area contributed by atoms with Crippen molar-refractivity contribution < 1.29 is 14.6 Å². The number of benzene rings is 1. The lowest BCUT2D eigenvalue weighted by atomic mass is 10.2. The third-order valence-electron chi connectivity index (χ3n) is 2.42. The van der Waals surface area contributed by atoms with Gasteiger partial charge in [0, 0.05) is 6.61 Å². The highest BCUT2D eigenvalue weighted by Crippen LogP contribution is 2.11. The maximum Gasteiger partial charge on any atom is 0.119 e. The van der Waals surface area contributed by atoms with Gasteiger partial charge in [0.1, 0.15) is 18.5 Å². The van der Waals surface area contributed by atoms with Gasteiger partial charge in [-0.1, -0.05) is 31.0 Å².